The molecule has 0 aliphatic carbocycles. The minimum absolute atomic E-state index is 0.00538. The Hall–Kier alpha value is -3.18. The molecule has 31 heavy (non-hydrogen) atoms. The van der Waals surface area contributed by atoms with Gasteiger partial charge in [0, 0.05) is 18.0 Å². The number of anilines is 2. The fourth-order valence-electron chi connectivity index (χ4n) is 3.77. The first-order valence-electron chi connectivity index (χ1n) is 9.76. The third kappa shape index (κ3) is 3.39. The Balaban J connectivity index is 1.56. The molecule has 0 saturated carbocycles. The summed E-state index contributed by atoms with van der Waals surface area (Å²) in [7, 11) is 1.60. The molecule has 1 amide bonds. The number of carbonyl (C=O) groups is 1. The van der Waals surface area contributed by atoms with Crippen molar-refractivity contribution in [3.63, 3.8) is 0 Å². The Morgan fingerprint density at radius 1 is 1.39 bits per heavy atom. The second kappa shape index (κ2) is 7.82. The predicted octanol–water partition coefficient (Wildman–Crippen LogP) is 3.21. The van der Waals surface area contributed by atoms with Crippen molar-refractivity contribution in [1.82, 2.24) is 30.0 Å². The SMILES string of the molecule is COc1cc2[nH]ncc2cc1Nc1ncnc2[nH]c(C(=O)N3CCOCC3C)c(Br)c12. The van der Waals surface area contributed by atoms with Crippen LogP contribution in [0.2, 0.25) is 0 Å². The average molecular weight is 486 g/mol. The van der Waals surface area contributed by atoms with Gasteiger partial charge in [-0.15, -0.1) is 0 Å². The first-order chi connectivity index (χ1) is 15.1. The van der Waals surface area contributed by atoms with E-state index in [2.05, 4.69) is 46.4 Å². The number of nitrogens with zero attached hydrogens (tertiary/aromatic N) is 4. The number of fused-ring (bicyclic) bond motifs is 2. The van der Waals surface area contributed by atoms with Gasteiger partial charge in [-0.2, -0.15) is 5.10 Å². The Kier molecular flexibility index (Phi) is 4.98. The summed E-state index contributed by atoms with van der Waals surface area (Å²) < 4.78 is 11.6. The number of morpholine rings is 1. The molecule has 0 radical (unpaired) electrons. The van der Waals surface area contributed by atoms with Crippen LogP contribution in [-0.2, 0) is 4.74 Å². The Morgan fingerprint density at radius 3 is 3.06 bits per heavy atom. The molecule has 4 heterocycles. The van der Waals surface area contributed by atoms with Crippen LogP contribution in [0.15, 0.2) is 29.1 Å². The topological polar surface area (TPSA) is 121 Å². The first-order valence-corrected chi connectivity index (χ1v) is 10.5. The van der Waals surface area contributed by atoms with Crippen LogP contribution in [0.4, 0.5) is 11.5 Å². The minimum Gasteiger partial charge on any atom is -0.494 e. The molecule has 1 aliphatic heterocycles. The van der Waals surface area contributed by atoms with Crippen LogP contribution < -0.4 is 10.1 Å². The lowest BCUT2D eigenvalue weighted by molar-refractivity contribution is 0.00327. The highest BCUT2D eigenvalue weighted by Crippen LogP contribution is 2.37. The Morgan fingerprint density at radius 2 is 2.26 bits per heavy atom. The fourth-order valence-corrected chi connectivity index (χ4v) is 4.41. The molecular formula is C20H20BrN7O3. The minimum atomic E-state index is -0.107. The summed E-state index contributed by atoms with van der Waals surface area (Å²) in [4.78, 5) is 26.9. The summed E-state index contributed by atoms with van der Waals surface area (Å²) in [5.41, 5.74) is 2.58. The number of rotatable bonds is 4. The molecule has 1 aromatic carbocycles. The lowest BCUT2D eigenvalue weighted by Crippen LogP contribution is -2.47. The number of hydrogen-bond acceptors (Lipinski definition) is 7. The molecule has 5 rings (SSSR count). The largest absolute Gasteiger partial charge is 0.494 e. The summed E-state index contributed by atoms with van der Waals surface area (Å²) in [5.74, 6) is 1.07. The number of carbonyl (C=O) groups excluding carboxylic acids is 1. The number of aromatic amines is 2. The summed E-state index contributed by atoms with van der Waals surface area (Å²) in [5, 5.41) is 11.9. The molecule has 1 aliphatic rings. The van der Waals surface area contributed by atoms with Crippen LogP contribution in [0.5, 0.6) is 5.75 Å². The summed E-state index contributed by atoms with van der Waals surface area (Å²) in [6, 6.07) is 3.78. The quantitative estimate of drug-likeness (QED) is 0.405. The third-order valence-electron chi connectivity index (χ3n) is 5.39. The zero-order chi connectivity index (χ0) is 21.5. The molecule has 0 spiro atoms. The van der Waals surface area contributed by atoms with Gasteiger partial charge < -0.3 is 24.7 Å². The molecule has 160 valence electrons. The van der Waals surface area contributed by atoms with Gasteiger partial charge in [-0.25, -0.2) is 9.97 Å². The maximum Gasteiger partial charge on any atom is 0.271 e. The Labute approximate surface area is 185 Å². The predicted molar refractivity (Wildman–Crippen MR) is 119 cm³/mol. The van der Waals surface area contributed by atoms with E-state index in [1.807, 2.05) is 19.1 Å². The van der Waals surface area contributed by atoms with Crippen molar-refractivity contribution in [3.05, 3.63) is 34.8 Å². The van der Waals surface area contributed by atoms with Crippen molar-refractivity contribution in [1.29, 1.82) is 0 Å². The van der Waals surface area contributed by atoms with Crippen molar-refractivity contribution < 1.29 is 14.3 Å². The van der Waals surface area contributed by atoms with Crippen LogP contribution in [0.1, 0.15) is 17.4 Å². The monoisotopic (exact) mass is 485 g/mol. The molecule has 3 N–H and O–H groups in total. The van der Waals surface area contributed by atoms with Gasteiger partial charge in [-0.05, 0) is 28.9 Å². The second-order valence-electron chi connectivity index (χ2n) is 7.32. The molecule has 11 heteroatoms. The number of methoxy groups -OCH3 is 1. The standard InChI is InChI=1S/C20H20BrN7O3/c1-10-8-31-4-3-28(10)20(29)17-16(21)15-18(22-9-23-19(15)26-17)25-13-5-11-7-24-27-12(11)6-14(13)30-2/h5-7,9-10H,3-4,8H2,1-2H3,(H,24,27)(H2,22,23,25,26). The van der Waals surface area contributed by atoms with E-state index in [-0.39, 0.29) is 11.9 Å². The van der Waals surface area contributed by atoms with E-state index in [4.69, 9.17) is 9.47 Å². The Bertz CT molecular complexity index is 1280. The first kappa shape index (κ1) is 19.8. The average Bonchev–Trinajstić information content (AvgIpc) is 3.37. The van der Waals surface area contributed by atoms with Crippen LogP contribution in [0.3, 0.4) is 0 Å². The lowest BCUT2D eigenvalue weighted by Gasteiger charge is -2.33. The van der Waals surface area contributed by atoms with Crippen LogP contribution >= 0.6 is 15.9 Å². The van der Waals surface area contributed by atoms with Gasteiger partial charge in [0.2, 0.25) is 0 Å². The van der Waals surface area contributed by atoms with E-state index in [9.17, 15) is 4.79 Å². The van der Waals surface area contributed by atoms with E-state index in [1.165, 1.54) is 6.33 Å². The van der Waals surface area contributed by atoms with Gasteiger partial charge in [0.15, 0.2) is 0 Å². The highest BCUT2D eigenvalue weighted by Gasteiger charge is 2.29. The zero-order valence-electron chi connectivity index (χ0n) is 16.9. The van der Waals surface area contributed by atoms with Crippen molar-refractivity contribution in [2.45, 2.75) is 13.0 Å². The fraction of sp³-hybridized carbons (Fsp3) is 0.300. The number of H-pyrrole nitrogens is 2. The summed E-state index contributed by atoms with van der Waals surface area (Å²) in [6.07, 6.45) is 3.18. The summed E-state index contributed by atoms with van der Waals surface area (Å²) in [6.45, 7) is 3.56. The number of nitrogens with one attached hydrogen (secondary N) is 3. The number of benzene rings is 1. The maximum absolute atomic E-state index is 13.2. The van der Waals surface area contributed by atoms with Gasteiger partial charge in [-0.1, -0.05) is 0 Å². The van der Waals surface area contributed by atoms with Crippen molar-refractivity contribution in [2.24, 2.45) is 0 Å². The van der Waals surface area contributed by atoms with E-state index in [0.717, 1.165) is 16.6 Å². The second-order valence-corrected chi connectivity index (χ2v) is 8.11. The van der Waals surface area contributed by atoms with Crippen LogP contribution in [0, 0.1) is 0 Å². The van der Waals surface area contributed by atoms with E-state index < -0.39 is 0 Å². The molecular weight excluding hydrogens is 466 g/mol. The molecule has 0 bridgehead atoms. The summed E-state index contributed by atoms with van der Waals surface area (Å²) >= 11 is 3.60. The molecule has 10 nitrogen and oxygen atoms in total. The van der Waals surface area contributed by atoms with Crippen LogP contribution in [-0.4, -0.2) is 68.9 Å². The van der Waals surface area contributed by atoms with Gasteiger partial charge in [0.1, 0.15) is 29.2 Å². The highest BCUT2D eigenvalue weighted by atomic mass is 79.9. The zero-order valence-corrected chi connectivity index (χ0v) is 18.5. The normalized spacial score (nSPS) is 16.7. The third-order valence-corrected chi connectivity index (χ3v) is 6.18. The molecule has 4 aromatic rings. The number of halogens is 1. The van der Waals surface area contributed by atoms with Crippen LogP contribution in [0.25, 0.3) is 21.9 Å². The maximum atomic E-state index is 13.2. The van der Waals surface area contributed by atoms with E-state index >= 15 is 0 Å². The van der Waals surface area contributed by atoms with E-state index in [1.54, 1.807) is 18.2 Å². The molecule has 1 saturated heterocycles. The number of amides is 1. The molecule has 3 aromatic heterocycles. The smallest absolute Gasteiger partial charge is 0.271 e. The van der Waals surface area contributed by atoms with Gasteiger partial charge in [0.05, 0.1) is 53.6 Å². The number of hydrogen-bond donors (Lipinski definition) is 3. The van der Waals surface area contributed by atoms with E-state index in [0.29, 0.717) is 52.5 Å². The van der Waals surface area contributed by atoms with Gasteiger partial charge in [-0.3, -0.25) is 9.89 Å². The van der Waals surface area contributed by atoms with Gasteiger partial charge in [0.25, 0.3) is 5.91 Å². The van der Waals surface area contributed by atoms with Crippen molar-refractivity contribution in [3.8, 4) is 5.75 Å². The molecule has 1 fully saturated rings. The van der Waals surface area contributed by atoms with Crippen molar-refractivity contribution >= 4 is 55.3 Å². The lowest BCUT2D eigenvalue weighted by atomic mass is 10.2. The molecule has 1 atom stereocenters. The van der Waals surface area contributed by atoms with Crippen molar-refractivity contribution in [2.75, 3.05) is 32.2 Å². The number of aromatic nitrogens is 5. The highest BCUT2D eigenvalue weighted by molar-refractivity contribution is 9.10. The number of ether oxygens (including phenoxy) is 2. The molecule has 1 unspecified atom stereocenters. The van der Waals surface area contributed by atoms with Gasteiger partial charge >= 0.3 is 0 Å².